The second-order valence-corrected chi connectivity index (χ2v) is 6.94. The third-order valence-corrected chi connectivity index (χ3v) is 4.51. The van der Waals surface area contributed by atoms with E-state index >= 15 is 0 Å². The number of aromatic amines is 2. The molecule has 1 aromatic heterocycles. The van der Waals surface area contributed by atoms with Crippen molar-refractivity contribution in [2.45, 2.75) is 12.3 Å². The number of nitrogens with zero attached hydrogens (tertiary/aromatic N) is 1. The van der Waals surface area contributed by atoms with Crippen LogP contribution >= 0.6 is 7.60 Å². The van der Waals surface area contributed by atoms with Crippen LogP contribution in [0.25, 0.3) is 11.0 Å². The molecule has 2 aromatic rings. The predicted octanol–water partition coefficient (Wildman–Crippen LogP) is -0.636. The molecule has 1 heterocycles. The van der Waals surface area contributed by atoms with Crippen LogP contribution in [0.1, 0.15) is 5.56 Å². The van der Waals surface area contributed by atoms with E-state index in [9.17, 15) is 34.1 Å². The van der Waals surface area contributed by atoms with Crippen LogP contribution in [0, 0.1) is 10.1 Å². The van der Waals surface area contributed by atoms with Crippen LogP contribution in [-0.2, 0) is 15.8 Å². The Labute approximate surface area is 139 Å². The summed E-state index contributed by atoms with van der Waals surface area (Å²) in [4.78, 5) is 56.3. The Morgan fingerprint density at radius 2 is 1.96 bits per heavy atom. The summed E-state index contributed by atoms with van der Waals surface area (Å²) in [5.74, 6) is -1.35. The normalized spacial score (nSPS) is 13.1. The Morgan fingerprint density at radius 3 is 2.52 bits per heavy atom. The number of nitro groups is 1. The molecular weight excluding hydrogens is 359 g/mol. The highest BCUT2D eigenvalue weighted by Gasteiger charge is 2.28. The second-order valence-electron chi connectivity index (χ2n) is 5.13. The lowest BCUT2D eigenvalue weighted by Gasteiger charge is -2.19. The highest BCUT2D eigenvalue weighted by molar-refractivity contribution is 7.52. The molecule has 0 fully saturated rings. The Hall–Kier alpha value is -2.37. The fraction of sp³-hybridized carbons (Fsp3) is 0.333. The molecule has 0 saturated heterocycles. The summed E-state index contributed by atoms with van der Waals surface area (Å²) in [5.41, 5.74) is -1.97. The first-order chi connectivity index (χ1) is 11.6. The summed E-state index contributed by atoms with van der Waals surface area (Å²) >= 11 is 0. The number of hydrogen-bond donors (Lipinski definition) is 5. The average Bonchev–Trinajstić information content (AvgIpc) is 2.51. The molecule has 0 saturated carbocycles. The number of aromatic nitrogens is 2. The summed E-state index contributed by atoms with van der Waals surface area (Å²) in [6, 6.07) is 2.21. The van der Waals surface area contributed by atoms with E-state index in [1.165, 1.54) is 7.11 Å². The number of nitrogens with one attached hydrogen (secondary N) is 3. The van der Waals surface area contributed by atoms with Gasteiger partial charge in [0, 0.05) is 25.8 Å². The van der Waals surface area contributed by atoms with Crippen molar-refractivity contribution in [1.29, 1.82) is 0 Å². The quantitative estimate of drug-likeness (QED) is 0.182. The van der Waals surface area contributed by atoms with Crippen LogP contribution in [0.15, 0.2) is 21.7 Å². The van der Waals surface area contributed by atoms with E-state index in [0.717, 1.165) is 12.1 Å². The van der Waals surface area contributed by atoms with Crippen molar-refractivity contribution in [3.63, 3.8) is 0 Å². The lowest BCUT2D eigenvalue weighted by Crippen LogP contribution is -2.33. The molecule has 0 amide bonds. The Bertz CT molecular complexity index is 962. The van der Waals surface area contributed by atoms with Crippen LogP contribution in [0.5, 0.6) is 0 Å². The number of fused-ring (bicyclic) bond motifs is 1. The number of benzene rings is 1. The molecule has 0 radical (unpaired) electrons. The van der Waals surface area contributed by atoms with Crippen molar-refractivity contribution < 1.29 is 24.0 Å². The van der Waals surface area contributed by atoms with E-state index in [1.807, 2.05) is 0 Å². The Kier molecular flexibility index (Phi) is 5.50. The first-order valence-corrected chi connectivity index (χ1v) is 8.52. The molecule has 5 N–H and O–H groups in total. The zero-order valence-corrected chi connectivity index (χ0v) is 13.8. The van der Waals surface area contributed by atoms with Gasteiger partial charge in [0.1, 0.15) is 5.78 Å². The van der Waals surface area contributed by atoms with Gasteiger partial charge in [-0.3, -0.25) is 29.6 Å². The summed E-state index contributed by atoms with van der Waals surface area (Å²) in [6.07, 6.45) is 0. The SMILES string of the molecule is COCC(NCc1cc([N+](=O)[O-])cc2[nH]c(=O)c(=O)[nH]c12)P(=O)(O)O. The molecule has 0 aliphatic heterocycles. The van der Waals surface area contributed by atoms with E-state index in [4.69, 9.17) is 4.74 Å². The number of non-ortho nitro benzene ring substituents is 1. The summed E-state index contributed by atoms with van der Waals surface area (Å²) in [5, 5.41) is 13.6. The van der Waals surface area contributed by atoms with Crippen LogP contribution < -0.4 is 16.4 Å². The molecule has 0 bridgehead atoms. The molecule has 1 atom stereocenters. The molecule has 0 aliphatic carbocycles. The van der Waals surface area contributed by atoms with Crippen LogP contribution in [0.2, 0.25) is 0 Å². The van der Waals surface area contributed by atoms with Crippen LogP contribution in [0.3, 0.4) is 0 Å². The van der Waals surface area contributed by atoms with Gasteiger partial charge in [0.25, 0.3) is 5.69 Å². The third-order valence-electron chi connectivity index (χ3n) is 3.37. The van der Waals surface area contributed by atoms with E-state index in [2.05, 4.69) is 15.3 Å². The molecule has 1 unspecified atom stereocenters. The molecular formula is C12H15N4O8P. The van der Waals surface area contributed by atoms with Crippen molar-refractivity contribution in [2.75, 3.05) is 13.7 Å². The highest BCUT2D eigenvalue weighted by Crippen LogP contribution is 2.39. The van der Waals surface area contributed by atoms with E-state index in [1.54, 1.807) is 0 Å². The second kappa shape index (κ2) is 7.25. The van der Waals surface area contributed by atoms with Crippen LogP contribution in [-0.4, -0.2) is 44.2 Å². The Balaban J connectivity index is 2.50. The lowest BCUT2D eigenvalue weighted by molar-refractivity contribution is -0.384. The first-order valence-electron chi connectivity index (χ1n) is 6.84. The molecule has 12 nitrogen and oxygen atoms in total. The van der Waals surface area contributed by atoms with Crippen molar-refractivity contribution in [2.24, 2.45) is 0 Å². The largest absolute Gasteiger partial charge is 0.382 e. The van der Waals surface area contributed by atoms with Gasteiger partial charge >= 0.3 is 18.7 Å². The molecule has 0 spiro atoms. The Morgan fingerprint density at radius 1 is 1.32 bits per heavy atom. The smallest absolute Gasteiger partial charge is 0.344 e. The van der Waals surface area contributed by atoms with Gasteiger partial charge in [-0.15, -0.1) is 0 Å². The monoisotopic (exact) mass is 374 g/mol. The summed E-state index contributed by atoms with van der Waals surface area (Å²) < 4.78 is 16.2. The van der Waals surface area contributed by atoms with Crippen LogP contribution in [0.4, 0.5) is 5.69 Å². The average molecular weight is 374 g/mol. The molecule has 136 valence electrons. The zero-order valence-electron chi connectivity index (χ0n) is 12.9. The predicted molar refractivity (Wildman–Crippen MR) is 86.4 cm³/mol. The summed E-state index contributed by atoms with van der Waals surface area (Å²) in [7, 11) is -3.28. The van der Waals surface area contributed by atoms with Crippen molar-refractivity contribution in [3.8, 4) is 0 Å². The first kappa shape index (κ1) is 19.0. The molecule has 1 aromatic carbocycles. The van der Waals surface area contributed by atoms with Gasteiger partial charge in [0.05, 0.1) is 22.6 Å². The topological polar surface area (TPSA) is 188 Å². The minimum absolute atomic E-state index is 0.0232. The maximum atomic E-state index is 11.5. The zero-order chi connectivity index (χ0) is 18.8. The van der Waals surface area contributed by atoms with Gasteiger partial charge in [-0.2, -0.15) is 0 Å². The minimum Gasteiger partial charge on any atom is -0.382 e. The van der Waals surface area contributed by atoms with E-state index < -0.39 is 29.4 Å². The molecule has 25 heavy (non-hydrogen) atoms. The van der Waals surface area contributed by atoms with Gasteiger partial charge < -0.3 is 24.5 Å². The van der Waals surface area contributed by atoms with E-state index in [-0.39, 0.29) is 35.4 Å². The maximum absolute atomic E-state index is 11.5. The van der Waals surface area contributed by atoms with Gasteiger partial charge in [-0.1, -0.05) is 0 Å². The standard InChI is InChI=1S/C12H15N4O8P/c1-24-5-9(25(21,22)23)13-4-6-2-7(16(19)20)3-8-10(6)15-12(18)11(17)14-8/h2-3,9,13H,4-5H2,1H3,(H,14,17)(H,15,18)(H2,21,22,23). The van der Waals surface area contributed by atoms with Crippen molar-refractivity contribution >= 4 is 24.3 Å². The number of hydrogen-bond acceptors (Lipinski definition) is 7. The highest BCUT2D eigenvalue weighted by atomic mass is 31.2. The van der Waals surface area contributed by atoms with Crippen molar-refractivity contribution in [3.05, 3.63) is 48.5 Å². The molecule has 13 heteroatoms. The number of H-pyrrole nitrogens is 2. The van der Waals surface area contributed by atoms with Gasteiger partial charge in [0.2, 0.25) is 0 Å². The maximum Gasteiger partial charge on any atom is 0.344 e. The number of ether oxygens (including phenoxy) is 1. The lowest BCUT2D eigenvalue weighted by atomic mass is 10.1. The fourth-order valence-corrected chi connectivity index (χ4v) is 2.86. The van der Waals surface area contributed by atoms with Crippen molar-refractivity contribution in [1.82, 2.24) is 15.3 Å². The minimum atomic E-state index is -4.54. The van der Waals surface area contributed by atoms with E-state index in [0.29, 0.717) is 0 Å². The number of nitro benzene ring substituents is 1. The van der Waals surface area contributed by atoms with Gasteiger partial charge in [0.15, 0.2) is 0 Å². The third kappa shape index (κ3) is 4.38. The summed E-state index contributed by atoms with van der Waals surface area (Å²) in [6.45, 7) is -0.524. The van der Waals surface area contributed by atoms with Gasteiger partial charge in [-0.25, -0.2) is 0 Å². The number of methoxy groups -OCH3 is 1. The molecule has 0 aliphatic rings. The number of rotatable bonds is 7. The fourth-order valence-electron chi connectivity index (χ4n) is 2.19. The molecule has 2 rings (SSSR count). The van der Waals surface area contributed by atoms with Gasteiger partial charge in [-0.05, 0) is 5.56 Å².